The smallest absolute Gasteiger partial charge is 0.185 e. The topological polar surface area (TPSA) is 73.6 Å². The Morgan fingerprint density at radius 1 is 1.45 bits per heavy atom. The molecule has 0 aromatic heterocycles. The molecule has 0 amide bonds. The third kappa shape index (κ3) is 3.23. The first kappa shape index (κ1) is 8.33. The Morgan fingerprint density at radius 2 is 2.18 bits per heavy atom. The second-order valence-electron chi connectivity index (χ2n) is 2.73. The number of guanidine groups is 1. The molecule has 1 saturated carbocycles. The Balaban J connectivity index is 1.91. The average Bonchev–Trinajstić information content (AvgIpc) is 1.82. The van der Waals surface area contributed by atoms with E-state index in [0.717, 1.165) is 0 Å². The minimum atomic E-state index is 0.141. The summed E-state index contributed by atoms with van der Waals surface area (Å²) in [5, 5.41) is 0. The molecular formula is C7H15N3O. The highest BCUT2D eigenvalue weighted by atomic mass is 16.5. The van der Waals surface area contributed by atoms with Gasteiger partial charge in [0.1, 0.15) is 0 Å². The van der Waals surface area contributed by atoms with Gasteiger partial charge in [0, 0.05) is 0 Å². The maximum Gasteiger partial charge on any atom is 0.185 e. The number of ether oxygens (including phenoxy) is 1. The summed E-state index contributed by atoms with van der Waals surface area (Å²) in [7, 11) is 0. The lowest BCUT2D eigenvalue weighted by Crippen LogP contribution is -2.25. The van der Waals surface area contributed by atoms with Gasteiger partial charge in [-0.1, -0.05) is 0 Å². The normalized spacial score (nSPS) is 17.5. The average molecular weight is 157 g/mol. The highest BCUT2D eigenvalue weighted by molar-refractivity contribution is 5.75. The Hall–Kier alpha value is -0.770. The molecule has 1 fully saturated rings. The van der Waals surface area contributed by atoms with Crippen molar-refractivity contribution in [2.45, 2.75) is 25.4 Å². The van der Waals surface area contributed by atoms with Crippen LogP contribution in [0.2, 0.25) is 0 Å². The van der Waals surface area contributed by atoms with Crippen LogP contribution >= 0.6 is 0 Å². The standard InChI is InChI=1S/C7H15N3O/c8-7(9)10-4-5-11-6-2-1-3-6/h6H,1-5H2,(H4,8,9,10). The van der Waals surface area contributed by atoms with E-state index >= 15 is 0 Å². The van der Waals surface area contributed by atoms with Crippen LogP contribution in [0.4, 0.5) is 0 Å². The van der Waals surface area contributed by atoms with E-state index < -0.39 is 0 Å². The summed E-state index contributed by atoms with van der Waals surface area (Å²) in [5.41, 5.74) is 10.3. The summed E-state index contributed by atoms with van der Waals surface area (Å²) >= 11 is 0. The number of nitrogens with zero attached hydrogens (tertiary/aromatic N) is 1. The summed E-state index contributed by atoms with van der Waals surface area (Å²) in [6.07, 6.45) is 4.17. The monoisotopic (exact) mass is 157 g/mol. The fourth-order valence-electron chi connectivity index (χ4n) is 0.932. The van der Waals surface area contributed by atoms with Crippen molar-refractivity contribution in [3.8, 4) is 0 Å². The lowest BCUT2D eigenvalue weighted by molar-refractivity contribution is 0.00700. The summed E-state index contributed by atoms with van der Waals surface area (Å²) in [6.45, 7) is 1.22. The largest absolute Gasteiger partial charge is 0.376 e. The van der Waals surface area contributed by atoms with Crippen molar-refractivity contribution in [2.24, 2.45) is 16.5 Å². The van der Waals surface area contributed by atoms with Crippen molar-refractivity contribution in [3.63, 3.8) is 0 Å². The molecule has 11 heavy (non-hydrogen) atoms. The van der Waals surface area contributed by atoms with E-state index in [1.807, 2.05) is 0 Å². The van der Waals surface area contributed by atoms with Crippen molar-refractivity contribution >= 4 is 5.96 Å². The molecule has 0 aromatic carbocycles. The molecule has 64 valence electrons. The van der Waals surface area contributed by atoms with Gasteiger partial charge in [-0.25, -0.2) is 0 Å². The quantitative estimate of drug-likeness (QED) is 0.338. The van der Waals surface area contributed by atoms with Crippen molar-refractivity contribution in [3.05, 3.63) is 0 Å². The van der Waals surface area contributed by atoms with Gasteiger partial charge in [-0.05, 0) is 19.3 Å². The SMILES string of the molecule is NC(N)=NCCOC1CCC1. The fraction of sp³-hybridized carbons (Fsp3) is 0.857. The molecule has 0 unspecified atom stereocenters. The third-order valence-corrected chi connectivity index (χ3v) is 1.79. The van der Waals surface area contributed by atoms with Gasteiger partial charge in [-0.3, -0.25) is 4.99 Å². The number of nitrogens with two attached hydrogens (primary N) is 2. The van der Waals surface area contributed by atoms with Crippen LogP contribution in [0, 0.1) is 0 Å². The molecule has 0 radical (unpaired) electrons. The van der Waals surface area contributed by atoms with Crippen molar-refractivity contribution < 1.29 is 4.74 Å². The van der Waals surface area contributed by atoms with Gasteiger partial charge in [0.2, 0.25) is 0 Å². The first-order valence-corrected chi connectivity index (χ1v) is 3.96. The molecule has 1 aliphatic carbocycles. The highest BCUT2D eigenvalue weighted by Crippen LogP contribution is 2.21. The molecule has 1 rings (SSSR count). The lowest BCUT2D eigenvalue weighted by atomic mass is 9.96. The van der Waals surface area contributed by atoms with Gasteiger partial charge >= 0.3 is 0 Å². The molecule has 1 aliphatic rings. The van der Waals surface area contributed by atoms with Crippen molar-refractivity contribution in [2.75, 3.05) is 13.2 Å². The second kappa shape index (κ2) is 4.18. The summed E-state index contributed by atoms with van der Waals surface area (Å²) in [5.74, 6) is 0.141. The van der Waals surface area contributed by atoms with Crippen molar-refractivity contribution in [1.82, 2.24) is 0 Å². The van der Waals surface area contributed by atoms with Gasteiger partial charge < -0.3 is 16.2 Å². The first-order valence-electron chi connectivity index (χ1n) is 3.96. The molecule has 0 saturated heterocycles. The Morgan fingerprint density at radius 3 is 2.64 bits per heavy atom. The molecule has 0 aliphatic heterocycles. The van der Waals surface area contributed by atoms with Crippen LogP contribution < -0.4 is 11.5 Å². The van der Waals surface area contributed by atoms with E-state index in [9.17, 15) is 0 Å². The maximum absolute atomic E-state index is 5.41. The zero-order valence-electron chi connectivity index (χ0n) is 6.62. The van der Waals surface area contributed by atoms with Gasteiger partial charge in [0.05, 0.1) is 19.3 Å². The highest BCUT2D eigenvalue weighted by Gasteiger charge is 2.16. The van der Waals surface area contributed by atoms with Crippen LogP contribution in [-0.4, -0.2) is 25.2 Å². The van der Waals surface area contributed by atoms with E-state index in [4.69, 9.17) is 16.2 Å². The zero-order valence-corrected chi connectivity index (χ0v) is 6.62. The zero-order chi connectivity index (χ0) is 8.10. The predicted octanol–water partition coefficient (Wildman–Crippen LogP) is -0.171. The lowest BCUT2D eigenvalue weighted by Gasteiger charge is -2.24. The minimum absolute atomic E-state index is 0.141. The van der Waals surface area contributed by atoms with E-state index in [0.29, 0.717) is 19.3 Å². The first-order chi connectivity index (χ1) is 5.29. The third-order valence-electron chi connectivity index (χ3n) is 1.79. The Labute approximate surface area is 66.6 Å². The number of aliphatic imine (C=N–C) groups is 1. The number of hydrogen-bond donors (Lipinski definition) is 2. The minimum Gasteiger partial charge on any atom is -0.376 e. The molecule has 4 heteroatoms. The van der Waals surface area contributed by atoms with E-state index in [-0.39, 0.29) is 5.96 Å². The molecule has 4 nitrogen and oxygen atoms in total. The molecule has 4 N–H and O–H groups in total. The van der Waals surface area contributed by atoms with Gasteiger partial charge in [-0.15, -0.1) is 0 Å². The van der Waals surface area contributed by atoms with E-state index in [1.54, 1.807) is 0 Å². The molecule has 0 heterocycles. The maximum atomic E-state index is 5.41. The van der Waals surface area contributed by atoms with Gasteiger partial charge in [0.25, 0.3) is 0 Å². The summed E-state index contributed by atoms with van der Waals surface area (Å²) in [6, 6.07) is 0. The predicted molar refractivity (Wildman–Crippen MR) is 44.3 cm³/mol. The van der Waals surface area contributed by atoms with E-state index in [1.165, 1.54) is 19.3 Å². The fourth-order valence-corrected chi connectivity index (χ4v) is 0.932. The van der Waals surface area contributed by atoms with Crippen LogP contribution in [-0.2, 0) is 4.74 Å². The molecule has 0 bridgehead atoms. The Bertz CT molecular complexity index is 139. The number of rotatable bonds is 4. The van der Waals surface area contributed by atoms with Crippen LogP contribution in [0.3, 0.4) is 0 Å². The van der Waals surface area contributed by atoms with Crippen LogP contribution in [0.25, 0.3) is 0 Å². The molecule has 0 aromatic rings. The molecule has 0 atom stereocenters. The van der Waals surface area contributed by atoms with E-state index in [2.05, 4.69) is 4.99 Å². The van der Waals surface area contributed by atoms with Crippen LogP contribution in [0.1, 0.15) is 19.3 Å². The van der Waals surface area contributed by atoms with Crippen LogP contribution in [0.15, 0.2) is 4.99 Å². The molecule has 0 spiro atoms. The van der Waals surface area contributed by atoms with Crippen LogP contribution in [0.5, 0.6) is 0 Å². The van der Waals surface area contributed by atoms with Gasteiger partial charge in [-0.2, -0.15) is 0 Å². The second-order valence-corrected chi connectivity index (χ2v) is 2.73. The van der Waals surface area contributed by atoms with Crippen molar-refractivity contribution in [1.29, 1.82) is 0 Å². The van der Waals surface area contributed by atoms with Gasteiger partial charge in [0.15, 0.2) is 5.96 Å². The summed E-state index contributed by atoms with van der Waals surface area (Å²) < 4.78 is 5.41. The Kier molecular flexibility index (Phi) is 3.16. The number of hydrogen-bond acceptors (Lipinski definition) is 2. The molecular weight excluding hydrogens is 142 g/mol. The summed E-state index contributed by atoms with van der Waals surface area (Å²) in [4.78, 5) is 3.80.